The quantitative estimate of drug-likeness (QED) is 0.914. The van der Waals surface area contributed by atoms with E-state index in [1.54, 1.807) is 0 Å². The van der Waals surface area contributed by atoms with E-state index in [0.29, 0.717) is 11.5 Å². The first-order valence-electron chi connectivity index (χ1n) is 8.21. The Balaban J connectivity index is 2.17. The first-order valence-corrected chi connectivity index (χ1v) is 8.21. The zero-order valence-corrected chi connectivity index (χ0v) is 14.5. The topological polar surface area (TPSA) is 28.2 Å². The number of nitrogens with one attached hydrogen (secondary N) is 1. The van der Waals surface area contributed by atoms with Crippen molar-refractivity contribution in [2.24, 2.45) is 11.3 Å². The van der Waals surface area contributed by atoms with Crippen LogP contribution >= 0.6 is 0 Å². The Morgan fingerprint density at radius 3 is 2.67 bits per heavy atom. The van der Waals surface area contributed by atoms with Crippen molar-refractivity contribution in [3.05, 3.63) is 23.5 Å². The van der Waals surface area contributed by atoms with Crippen molar-refractivity contribution in [1.82, 2.24) is 10.3 Å². The number of hydrogen-bond donors (Lipinski definition) is 1. The van der Waals surface area contributed by atoms with Crippen molar-refractivity contribution in [2.45, 2.75) is 60.5 Å². The SMILES string of the molecule is Cc1cc(N2CCC(C(C)(C)C)C2)c(CNC(C)C)cn1. The van der Waals surface area contributed by atoms with Crippen LogP contribution < -0.4 is 10.2 Å². The molecule has 0 bridgehead atoms. The highest BCUT2D eigenvalue weighted by molar-refractivity contribution is 5.54. The van der Waals surface area contributed by atoms with Crippen molar-refractivity contribution in [3.63, 3.8) is 0 Å². The zero-order chi connectivity index (χ0) is 15.6. The highest BCUT2D eigenvalue weighted by Gasteiger charge is 2.32. The average molecular weight is 289 g/mol. The average Bonchev–Trinajstić information content (AvgIpc) is 2.86. The Morgan fingerprint density at radius 2 is 2.10 bits per heavy atom. The fourth-order valence-corrected chi connectivity index (χ4v) is 3.00. The van der Waals surface area contributed by atoms with Gasteiger partial charge in [0.1, 0.15) is 0 Å². The molecule has 0 aliphatic carbocycles. The Kier molecular flexibility index (Phi) is 4.92. The minimum Gasteiger partial charge on any atom is -0.371 e. The van der Waals surface area contributed by atoms with Crippen LogP contribution in [0.3, 0.4) is 0 Å². The molecule has 0 amide bonds. The fraction of sp³-hybridized carbons (Fsp3) is 0.722. The van der Waals surface area contributed by atoms with E-state index >= 15 is 0 Å². The minimum absolute atomic E-state index is 0.396. The summed E-state index contributed by atoms with van der Waals surface area (Å²) < 4.78 is 0. The molecule has 2 heterocycles. The highest BCUT2D eigenvalue weighted by atomic mass is 15.2. The molecule has 118 valence electrons. The molecule has 1 aliphatic rings. The van der Waals surface area contributed by atoms with Gasteiger partial charge in [0, 0.05) is 48.8 Å². The van der Waals surface area contributed by atoms with Crippen LogP contribution in [0.25, 0.3) is 0 Å². The highest BCUT2D eigenvalue weighted by Crippen LogP contribution is 2.36. The van der Waals surface area contributed by atoms with Crippen LogP contribution in [0, 0.1) is 18.3 Å². The lowest BCUT2D eigenvalue weighted by Gasteiger charge is -2.28. The summed E-state index contributed by atoms with van der Waals surface area (Å²) in [7, 11) is 0. The number of rotatable bonds is 4. The van der Waals surface area contributed by atoms with Crippen molar-refractivity contribution in [1.29, 1.82) is 0 Å². The fourth-order valence-electron chi connectivity index (χ4n) is 3.00. The predicted octanol–water partition coefficient (Wildman–Crippen LogP) is 3.76. The monoisotopic (exact) mass is 289 g/mol. The maximum absolute atomic E-state index is 4.49. The van der Waals surface area contributed by atoms with E-state index in [1.165, 1.54) is 30.8 Å². The van der Waals surface area contributed by atoms with Crippen LogP contribution in [0.1, 0.15) is 52.3 Å². The molecule has 1 atom stereocenters. The third-order valence-electron chi connectivity index (χ3n) is 4.55. The maximum Gasteiger partial charge on any atom is 0.0445 e. The lowest BCUT2D eigenvalue weighted by Crippen LogP contribution is -2.28. The zero-order valence-electron chi connectivity index (χ0n) is 14.5. The van der Waals surface area contributed by atoms with E-state index in [9.17, 15) is 0 Å². The molecule has 0 saturated carbocycles. The third-order valence-corrected chi connectivity index (χ3v) is 4.55. The van der Waals surface area contributed by atoms with E-state index in [1.807, 2.05) is 6.20 Å². The number of pyridine rings is 1. The smallest absolute Gasteiger partial charge is 0.0445 e. The normalized spacial score (nSPS) is 19.6. The molecular formula is C18H31N3. The third kappa shape index (κ3) is 4.19. The van der Waals surface area contributed by atoms with Gasteiger partial charge < -0.3 is 10.2 Å². The molecule has 1 N–H and O–H groups in total. The Labute approximate surface area is 130 Å². The second kappa shape index (κ2) is 6.35. The molecule has 3 heteroatoms. The van der Waals surface area contributed by atoms with Crippen molar-refractivity contribution in [3.8, 4) is 0 Å². The van der Waals surface area contributed by atoms with E-state index in [2.05, 4.69) is 62.8 Å². The van der Waals surface area contributed by atoms with Crippen LogP contribution in [0.4, 0.5) is 5.69 Å². The largest absolute Gasteiger partial charge is 0.371 e. The number of nitrogens with zero attached hydrogens (tertiary/aromatic N) is 2. The standard InChI is InChI=1S/C18H31N3/c1-13(2)19-10-15-11-20-14(3)9-17(15)21-8-7-16(12-21)18(4,5)6/h9,11,13,16,19H,7-8,10,12H2,1-6H3. The van der Waals surface area contributed by atoms with Gasteiger partial charge in [0.2, 0.25) is 0 Å². The molecule has 1 fully saturated rings. The minimum atomic E-state index is 0.396. The Hall–Kier alpha value is -1.09. The lowest BCUT2D eigenvalue weighted by molar-refractivity contribution is 0.263. The molecule has 0 aromatic carbocycles. The van der Waals surface area contributed by atoms with Gasteiger partial charge >= 0.3 is 0 Å². The van der Waals surface area contributed by atoms with Crippen LogP contribution in [-0.2, 0) is 6.54 Å². The van der Waals surface area contributed by atoms with Gasteiger partial charge in [-0.1, -0.05) is 34.6 Å². The van der Waals surface area contributed by atoms with Gasteiger partial charge in [0.25, 0.3) is 0 Å². The van der Waals surface area contributed by atoms with Gasteiger partial charge in [0.05, 0.1) is 0 Å². The molecule has 3 nitrogen and oxygen atoms in total. The van der Waals surface area contributed by atoms with Gasteiger partial charge in [-0.2, -0.15) is 0 Å². The van der Waals surface area contributed by atoms with Crippen LogP contribution in [-0.4, -0.2) is 24.1 Å². The van der Waals surface area contributed by atoms with Crippen molar-refractivity contribution in [2.75, 3.05) is 18.0 Å². The summed E-state index contributed by atoms with van der Waals surface area (Å²) in [6.07, 6.45) is 3.34. The molecule has 1 unspecified atom stereocenters. The first-order chi connectivity index (χ1) is 9.77. The molecular weight excluding hydrogens is 258 g/mol. The number of anilines is 1. The Morgan fingerprint density at radius 1 is 1.38 bits per heavy atom. The molecule has 0 spiro atoms. The van der Waals surface area contributed by atoms with Crippen LogP contribution in [0.15, 0.2) is 12.3 Å². The summed E-state index contributed by atoms with van der Waals surface area (Å²) in [5.74, 6) is 0.775. The second-order valence-corrected chi connectivity index (χ2v) is 7.79. The maximum atomic E-state index is 4.49. The van der Waals surface area contributed by atoms with Crippen molar-refractivity contribution < 1.29 is 0 Å². The molecule has 21 heavy (non-hydrogen) atoms. The number of aromatic nitrogens is 1. The first kappa shape index (κ1) is 16.3. The Bertz CT molecular complexity index is 474. The number of aryl methyl sites for hydroxylation is 1. The van der Waals surface area contributed by atoms with Gasteiger partial charge in [-0.3, -0.25) is 4.98 Å². The lowest BCUT2D eigenvalue weighted by atomic mass is 9.80. The molecule has 1 aromatic heterocycles. The van der Waals surface area contributed by atoms with Gasteiger partial charge in [-0.05, 0) is 30.7 Å². The van der Waals surface area contributed by atoms with Gasteiger partial charge in [-0.25, -0.2) is 0 Å². The summed E-state index contributed by atoms with van der Waals surface area (Å²) >= 11 is 0. The molecule has 1 aliphatic heterocycles. The van der Waals surface area contributed by atoms with E-state index < -0.39 is 0 Å². The predicted molar refractivity (Wildman–Crippen MR) is 90.7 cm³/mol. The van der Waals surface area contributed by atoms with Crippen LogP contribution in [0.5, 0.6) is 0 Å². The van der Waals surface area contributed by atoms with Crippen molar-refractivity contribution >= 4 is 5.69 Å². The summed E-state index contributed by atoms with van der Waals surface area (Å²) in [5, 5.41) is 3.52. The van der Waals surface area contributed by atoms with Crippen LogP contribution in [0.2, 0.25) is 0 Å². The number of hydrogen-bond acceptors (Lipinski definition) is 3. The van der Waals surface area contributed by atoms with Gasteiger partial charge in [0.15, 0.2) is 0 Å². The van der Waals surface area contributed by atoms with E-state index in [0.717, 1.165) is 18.2 Å². The van der Waals surface area contributed by atoms with Gasteiger partial charge in [-0.15, -0.1) is 0 Å². The summed E-state index contributed by atoms with van der Waals surface area (Å²) in [6, 6.07) is 2.75. The van der Waals surface area contributed by atoms with E-state index in [-0.39, 0.29) is 0 Å². The molecule has 0 radical (unpaired) electrons. The van der Waals surface area contributed by atoms with E-state index in [4.69, 9.17) is 0 Å². The molecule has 2 rings (SSSR count). The summed E-state index contributed by atoms with van der Waals surface area (Å²) in [6.45, 7) is 16.8. The summed E-state index contributed by atoms with van der Waals surface area (Å²) in [5.41, 5.74) is 4.21. The summed E-state index contributed by atoms with van der Waals surface area (Å²) in [4.78, 5) is 7.05. The molecule has 1 aromatic rings. The molecule has 1 saturated heterocycles. The second-order valence-electron chi connectivity index (χ2n) is 7.79.